The van der Waals surface area contributed by atoms with Gasteiger partial charge in [-0.15, -0.1) is 0 Å². The van der Waals surface area contributed by atoms with Gasteiger partial charge in [-0.3, -0.25) is 9.48 Å². The van der Waals surface area contributed by atoms with Crippen molar-refractivity contribution in [3.8, 4) is 22.4 Å². The van der Waals surface area contributed by atoms with Crippen molar-refractivity contribution in [1.82, 2.24) is 9.78 Å². The minimum absolute atomic E-state index is 0.258. The zero-order chi connectivity index (χ0) is 20.8. The zero-order valence-electron chi connectivity index (χ0n) is 17.1. The van der Waals surface area contributed by atoms with Gasteiger partial charge in [0.2, 0.25) is 5.91 Å². The molecule has 0 atom stereocenters. The Morgan fingerprint density at radius 3 is 2.41 bits per heavy atom. The highest BCUT2D eigenvalue weighted by Gasteiger charge is 2.27. The third-order valence-corrected chi connectivity index (χ3v) is 5.70. The van der Waals surface area contributed by atoms with Gasteiger partial charge in [0, 0.05) is 28.9 Å². The summed E-state index contributed by atoms with van der Waals surface area (Å²) in [6, 6.07) is 13.8. The van der Waals surface area contributed by atoms with E-state index in [4.69, 9.17) is 17.3 Å². The van der Waals surface area contributed by atoms with Crippen LogP contribution >= 0.6 is 11.6 Å². The molecule has 0 aliphatic heterocycles. The van der Waals surface area contributed by atoms with Crippen LogP contribution < -0.4 is 5.73 Å². The molecular weight excluding hydrogens is 382 g/mol. The number of halogens is 1. The SMILES string of the molecule is CC(C)(C)c1c(C(N)=O)cc(-c2ccnn2CC2CC2)cc1-c1ccc(Cl)cc1. The van der Waals surface area contributed by atoms with Crippen molar-refractivity contribution in [1.29, 1.82) is 0 Å². The lowest BCUT2D eigenvalue weighted by Gasteiger charge is -2.27. The zero-order valence-corrected chi connectivity index (χ0v) is 17.8. The number of nitrogens with zero attached hydrogens (tertiary/aromatic N) is 2. The second-order valence-electron chi connectivity index (χ2n) is 8.91. The topological polar surface area (TPSA) is 60.9 Å². The van der Waals surface area contributed by atoms with Gasteiger partial charge >= 0.3 is 0 Å². The number of benzene rings is 2. The normalized spacial score (nSPS) is 14.2. The molecular formula is C24H26ClN3O. The molecule has 1 amide bonds. The van der Waals surface area contributed by atoms with E-state index in [1.165, 1.54) is 12.8 Å². The molecule has 4 rings (SSSR count). The molecule has 1 aliphatic rings. The van der Waals surface area contributed by atoms with Crippen LogP contribution in [0.25, 0.3) is 22.4 Å². The molecule has 0 radical (unpaired) electrons. The summed E-state index contributed by atoms with van der Waals surface area (Å²) in [5.41, 5.74) is 11.1. The highest BCUT2D eigenvalue weighted by atomic mass is 35.5. The van der Waals surface area contributed by atoms with Crippen molar-refractivity contribution in [2.45, 2.75) is 45.6 Å². The van der Waals surface area contributed by atoms with Gasteiger partial charge in [-0.2, -0.15) is 5.10 Å². The Morgan fingerprint density at radius 1 is 1.14 bits per heavy atom. The second kappa shape index (κ2) is 7.34. The Hall–Kier alpha value is -2.59. The highest BCUT2D eigenvalue weighted by molar-refractivity contribution is 6.30. The maximum Gasteiger partial charge on any atom is 0.249 e. The summed E-state index contributed by atoms with van der Waals surface area (Å²) in [5.74, 6) is 0.286. The summed E-state index contributed by atoms with van der Waals surface area (Å²) < 4.78 is 2.04. The van der Waals surface area contributed by atoms with Gasteiger partial charge in [0.1, 0.15) is 0 Å². The van der Waals surface area contributed by atoms with Gasteiger partial charge in [0.15, 0.2) is 0 Å². The molecule has 150 valence electrons. The number of hydrogen-bond acceptors (Lipinski definition) is 2. The number of carbonyl (C=O) groups is 1. The van der Waals surface area contributed by atoms with Gasteiger partial charge < -0.3 is 5.73 Å². The van der Waals surface area contributed by atoms with Crippen LogP contribution in [0.2, 0.25) is 5.02 Å². The molecule has 1 aliphatic carbocycles. The third-order valence-electron chi connectivity index (χ3n) is 5.45. The monoisotopic (exact) mass is 407 g/mol. The molecule has 2 N–H and O–H groups in total. The van der Waals surface area contributed by atoms with E-state index in [9.17, 15) is 4.79 Å². The molecule has 0 spiro atoms. The maximum absolute atomic E-state index is 12.5. The largest absolute Gasteiger partial charge is 0.366 e. The van der Waals surface area contributed by atoms with Crippen molar-refractivity contribution < 1.29 is 4.79 Å². The molecule has 1 aromatic heterocycles. The van der Waals surface area contributed by atoms with E-state index in [0.717, 1.165) is 34.5 Å². The molecule has 0 unspecified atom stereocenters. The number of aromatic nitrogens is 2. The van der Waals surface area contributed by atoms with Crippen molar-refractivity contribution in [3.05, 3.63) is 64.8 Å². The van der Waals surface area contributed by atoms with Crippen LogP contribution in [0.3, 0.4) is 0 Å². The average Bonchev–Trinajstić information content (AvgIpc) is 3.35. The third kappa shape index (κ3) is 4.08. The highest BCUT2D eigenvalue weighted by Crippen LogP contribution is 2.40. The van der Waals surface area contributed by atoms with Gasteiger partial charge in [-0.05, 0) is 71.2 Å². The van der Waals surface area contributed by atoms with E-state index in [2.05, 4.69) is 31.9 Å². The van der Waals surface area contributed by atoms with Gasteiger partial charge in [0.05, 0.1) is 5.69 Å². The average molecular weight is 408 g/mol. The number of primary amides is 1. The van der Waals surface area contributed by atoms with E-state index in [0.29, 0.717) is 16.5 Å². The number of nitrogens with two attached hydrogens (primary N) is 1. The fourth-order valence-electron chi connectivity index (χ4n) is 3.92. The fourth-order valence-corrected chi connectivity index (χ4v) is 4.04. The summed E-state index contributed by atoms with van der Waals surface area (Å²) in [6.07, 6.45) is 4.33. The quantitative estimate of drug-likeness (QED) is 0.591. The molecule has 1 heterocycles. The molecule has 5 heteroatoms. The summed E-state index contributed by atoms with van der Waals surface area (Å²) in [4.78, 5) is 12.5. The van der Waals surface area contributed by atoms with E-state index >= 15 is 0 Å². The molecule has 2 aromatic carbocycles. The smallest absolute Gasteiger partial charge is 0.249 e. The first kappa shape index (κ1) is 19.7. The maximum atomic E-state index is 12.5. The standard InChI is InChI=1S/C24H26ClN3O/c1-24(2,3)22-19(16-6-8-18(25)9-7-16)12-17(13-20(22)23(26)29)21-10-11-27-28(21)14-15-4-5-15/h6-13,15H,4-5,14H2,1-3H3,(H2,26,29). The van der Waals surface area contributed by atoms with E-state index in [1.807, 2.05) is 47.3 Å². The molecule has 1 saturated carbocycles. The van der Waals surface area contributed by atoms with Crippen LogP contribution in [0.4, 0.5) is 0 Å². The Labute approximate surface area is 176 Å². The van der Waals surface area contributed by atoms with Crippen LogP contribution in [-0.2, 0) is 12.0 Å². The molecule has 4 nitrogen and oxygen atoms in total. The van der Waals surface area contributed by atoms with Crippen molar-refractivity contribution in [2.24, 2.45) is 11.7 Å². The first-order chi connectivity index (χ1) is 13.7. The number of rotatable bonds is 5. The summed E-state index contributed by atoms with van der Waals surface area (Å²) in [5, 5.41) is 5.20. The Balaban J connectivity index is 1.95. The molecule has 1 fully saturated rings. The van der Waals surface area contributed by atoms with Gasteiger partial charge in [0.25, 0.3) is 0 Å². The van der Waals surface area contributed by atoms with Gasteiger partial charge in [-0.25, -0.2) is 0 Å². The van der Waals surface area contributed by atoms with Gasteiger partial charge in [-0.1, -0.05) is 44.5 Å². The summed E-state index contributed by atoms with van der Waals surface area (Å²) in [6.45, 7) is 7.22. The van der Waals surface area contributed by atoms with Crippen LogP contribution in [0.15, 0.2) is 48.7 Å². The first-order valence-electron chi connectivity index (χ1n) is 10.0. The Bertz CT molecular complexity index is 1060. The lowest BCUT2D eigenvalue weighted by atomic mass is 9.77. The van der Waals surface area contributed by atoms with Crippen LogP contribution in [0.5, 0.6) is 0 Å². The molecule has 29 heavy (non-hydrogen) atoms. The molecule has 0 saturated heterocycles. The minimum Gasteiger partial charge on any atom is -0.366 e. The predicted octanol–water partition coefficient (Wildman–Crippen LogP) is 5.68. The van der Waals surface area contributed by atoms with E-state index in [-0.39, 0.29) is 5.41 Å². The first-order valence-corrected chi connectivity index (χ1v) is 10.4. The molecule has 3 aromatic rings. The lowest BCUT2D eigenvalue weighted by molar-refractivity contribution is 0.0998. The van der Waals surface area contributed by atoms with E-state index < -0.39 is 5.91 Å². The van der Waals surface area contributed by atoms with Crippen LogP contribution in [0.1, 0.15) is 49.5 Å². The van der Waals surface area contributed by atoms with E-state index in [1.54, 1.807) is 0 Å². The van der Waals surface area contributed by atoms with Crippen molar-refractivity contribution in [3.63, 3.8) is 0 Å². The lowest BCUT2D eigenvalue weighted by Crippen LogP contribution is -2.22. The Morgan fingerprint density at radius 2 is 1.83 bits per heavy atom. The second-order valence-corrected chi connectivity index (χ2v) is 9.35. The number of hydrogen-bond donors (Lipinski definition) is 1. The van der Waals surface area contributed by atoms with Crippen molar-refractivity contribution in [2.75, 3.05) is 0 Å². The predicted molar refractivity (Wildman–Crippen MR) is 118 cm³/mol. The number of carbonyl (C=O) groups excluding carboxylic acids is 1. The number of amides is 1. The summed E-state index contributed by atoms with van der Waals surface area (Å²) in [7, 11) is 0. The van der Waals surface area contributed by atoms with Crippen LogP contribution in [0, 0.1) is 5.92 Å². The Kier molecular flexibility index (Phi) is 4.99. The molecule has 0 bridgehead atoms. The van der Waals surface area contributed by atoms with Crippen molar-refractivity contribution >= 4 is 17.5 Å². The minimum atomic E-state index is -0.416. The summed E-state index contributed by atoms with van der Waals surface area (Å²) >= 11 is 6.11. The fraction of sp³-hybridized carbons (Fsp3) is 0.333. The van der Waals surface area contributed by atoms with Crippen LogP contribution in [-0.4, -0.2) is 15.7 Å².